The summed E-state index contributed by atoms with van der Waals surface area (Å²) in [5.74, 6) is 7.72. The van der Waals surface area contributed by atoms with Crippen molar-refractivity contribution < 1.29 is 65.2 Å². The zero-order valence-electron chi connectivity index (χ0n) is 60.5. The van der Waals surface area contributed by atoms with E-state index in [0.29, 0.717) is 87.6 Å². The summed E-state index contributed by atoms with van der Waals surface area (Å²) in [4.78, 5) is 0.867. The van der Waals surface area contributed by atoms with Crippen LogP contribution in [0, 0.1) is 106 Å². The van der Waals surface area contributed by atoms with Gasteiger partial charge in [0.2, 0.25) is 0 Å². The summed E-state index contributed by atoms with van der Waals surface area (Å²) in [6.45, 7) is 29.0. The standard InChI is InChI=1S/C38H60O5S.C29H44O3S.C9H16O2.C4H9.Li/c1-6-43-28-16-20-38(40,21-17-28)25-34(44(41,42)29-10-8-7-9-11-29)26(2)31-14-15-32-30-13-12-27-24-35(3,39)22-23-36(27,4)33(30)18-19-37(31,32)5;1-20(19-33(31,32)22-8-6-5-7-9-22)24-12-13-25-23-11-10-21-18-27(2,30)16-17-28(21,3)26(23)14-15-29(24,25)4;1-10-6-8-2-4-9(5-3-8)7-11-9;1-3-4-2;/h7-11,26-28,30-34,39-40H,6,12-25H2,1-5H3;5-9,20-21,23-26,30H,10-19H2,1-4H3;8H,2-7H2,1H3;1,3-4H2,2H3;/q;;;-1;+1/t26-,27-,28?,30-,31+,32-,33-,34?,35-,36-,37+,38?;20-,21+,23+,24-,25+,26+,27+,28+,29-;;;/m01.../s1. The van der Waals surface area contributed by atoms with E-state index in [4.69, 9.17) is 14.2 Å². The second kappa shape index (κ2) is 30.1. The molecule has 1 heterocycles. The Hall–Kier alpha value is -1.30. The molecule has 11 fully saturated rings. The minimum atomic E-state index is -3.64. The van der Waals surface area contributed by atoms with Gasteiger partial charge < -0.3 is 36.5 Å². The molecule has 0 amide bonds. The van der Waals surface area contributed by atoms with E-state index in [0.717, 1.165) is 101 Å². The van der Waals surface area contributed by atoms with Crippen molar-refractivity contribution in [1.29, 1.82) is 0 Å². The van der Waals surface area contributed by atoms with Gasteiger partial charge >= 0.3 is 18.9 Å². The molecule has 2 aromatic carbocycles. The van der Waals surface area contributed by atoms with Crippen LogP contribution in [0.5, 0.6) is 0 Å². The number of sulfone groups is 2. The first-order valence-corrected chi connectivity index (χ1v) is 40.9. The number of ether oxygens (including phenoxy) is 3. The molecule has 2 aromatic rings. The smallest absolute Gasteiger partial charge is 0.390 e. The van der Waals surface area contributed by atoms with Crippen molar-refractivity contribution in [2.75, 3.05) is 32.7 Å². The Bertz CT molecular complexity index is 2920. The monoisotopic (exact) mass is 1320 g/mol. The summed E-state index contributed by atoms with van der Waals surface area (Å²) in [6, 6.07) is 18.0. The van der Waals surface area contributed by atoms with Gasteiger partial charge in [0.05, 0.1) is 55.9 Å². The van der Waals surface area contributed by atoms with E-state index in [-0.39, 0.29) is 53.4 Å². The van der Waals surface area contributed by atoms with Crippen molar-refractivity contribution in [1.82, 2.24) is 0 Å². The second-order valence-corrected chi connectivity index (χ2v) is 39.0. The van der Waals surface area contributed by atoms with Gasteiger partial charge in [-0.15, -0.1) is 0 Å². The first-order valence-electron chi connectivity index (χ1n) is 37.7. The Kier molecular flexibility index (Phi) is 24.6. The molecule has 0 aromatic heterocycles. The molecule has 10 nitrogen and oxygen atoms in total. The largest absolute Gasteiger partial charge is 1.00 e. The Balaban J connectivity index is 0.000000181. The summed E-state index contributed by atoms with van der Waals surface area (Å²) in [5.41, 5.74) is -0.506. The van der Waals surface area contributed by atoms with Gasteiger partial charge in [-0.1, -0.05) is 91.3 Å². The topological polar surface area (TPSA) is 160 Å². The molecular formula is C80H129LiO10S2. The van der Waals surface area contributed by atoms with Crippen LogP contribution in [-0.2, 0) is 33.9 Å². The van der Waals surface area contributed by atoms with Crippen LogP contribution in [-0.4, -0.2) is 98.6 Å². The number of aliphatic hydroxyl groups is 3. The number of fused-ring (bicyclic) bond motifs is 10. The molecule has 13 heteroatoms. The fourth-order valence-corrected chi connectivity index (χ4v) is 27.5. The summed E-state index contributed by atoms with van der Waals surface area (Å²) in [6.07, 6.45) is 31.5. The van der Waals surface area contributed by atoms with Crippen molar-refractivity contribution >= 4 is 19.7 Å². The van der Waals surface area contributed by atoms with Crippen molar-refractivity contribution in [2.24, 2.45) is 98.6 Å². The van der Waals surface area contributed by atoms with Crippen molar-refractivity contribution in [3.63, 3.8) is 0 Å². The molecule has 522 valence electrons. The molecule has 10 saturated carbocycles. The van der Waals surface area contributed by atoms with E-state index < -0.39 is 41.7 Å². The third-order valence-corrected chi connectivity index (χ3v) is 33.5. The molecule has 19 atom stereocenters. The zero-order valence-corrected chi connectivity index (χ0v) is 62.1. The first-order chi connectivity index (χ1) is 43.4. The maximum atomic E-state index is 14.5. The molecule has 3 N–H and O–H groups in total. The quantitative estimate of drug-likeness (QED) is 0.0890. The summed E-state index contributed by atoms with van der Waals surface area (Å²) >= 11 is 0. The zero-order chi connectivity index (χ0) is 66.3. The van der Waals surface area contributed by atoms with E-state index in [1.165, 1.54) is 109 Å². The SMILES string of the molecule is CCOC1CCC(O)(CC([C@@H](C)[C@H]2CC[C@H]3[C@@H]4CC[C@H]5C[C@@](C)(O)CC[C@]5(C)[C@H]4CC[C@]23C)S(=O)(=O)c2ccccc2)CC1.COCC1CCC2(CC1)CO2.C[C@H](CS(=O)(=O)c1ccccc1)[C@H]1CC[C@H]2[C@@H]3CC[C@H]4C[C@@](C)(O)CC[C@]4(C)[C@H]3CC[C@]12C.[CH2-]CCC.[Li+]. The predicted octanol–water partition coefficient (Wildman–Crippen LogP) is 14.7. The molecular weight excluding hydrogens is 1190 g/mol. The van der Waals surface area contributed by atoms with Gasteiger partial charge in [0.1, 0.15) is 0 Å². The van der Waals surface area contributed by atoms with Crippen LogP contribution in [0.2, 0.25) is 0 Å². The fraction of sp³-hybridized carbons (Fsp3) is 0.838. The van der Waals surface area contributed by atoms with Gasteiger partial charge in [-0.05, 0) is 317 Å². The van der Waals surface area contributed by atoms with Crippen LogP contribution in [0.4, 0.5) is 0 Å². The molecule has 11 aliphatic rings. The summed E-state index contributed by atoms with van der Waals surface area (Å²) in [7, 11) is -5.09. The van der Waals surface area contributed by atoms with Gasteiger partial charge in [-0.25, -0.2) is 16.8 Å². The van der Waals surface area contributed by atoms with Crippen LogP contribution in [0.3, 0.4) is 0 Å². The summed E-state index contributed by atoms with van der Waals surface area (Å²) < 4.78 is 71.7. The minimum absolute atomic E-state index is 0. The summed E-state index contributed by atoms with van der Waals surface area (Å²) in [5, 5.41) is 33.0. The Morgan fingerprint density at radius 3 is 1.49 bits per heavy atom. The van der Waals surface area contributed by atoms with E-state index in [1.54, 1.807) is 31.4 Å². The molecule has 0 bridgehead atoms. The molecule has 13 rings (SSSR count). The minimum Gasteiger partial charge on any atom is -0.390 e. The molecule has 10 aliphatic carbocycles. The van der Waals surface area contributed by atoms with Gasteiger partial charge in [-0.2, -0.15) is 6.42 Å². The Labute approximate surface area is 579 Å². The Morgan fingerprint density at radius 1 is 0.570 bits per heavy atom. The average molecular weight is 1320 g/mol. The number of hydrogen-bond donors (Lipinski definition) is 3. The van der Waals surface area contributed by atoms with Crippen LogP contribution in [0.15, 0.2) is 70.5 Å². The van der Waals surface area contributed by atoms with E-state index in [9.17, 15) is 32.2 Å². The number of rotatable bonds is 15. The number of epoxide rings is 1. The number of benzene rings is 2. The van der Waals surface area contributed by atoms with Crippen molar-refractivity contribution in [2.45, 2.75) is 299 Å². The molecule has 1 unspecified atom stereocenters. The normalized spacial score (nSPS) is 43.3. The van der Waals surface area contributed by atoms with Crippen LogP contribution in [0.1, 0.15) is 255 Å². The predicted molar refractivity (Wildman–Crippen MR) is 372 cm³/mol. The van der Waals surface area contributed by atoms with Crippen LogP contribution >= 0.6 is 0 Å². The third kappa shape index (κ3) is 16.1. The van der Waals surface area contributed by atoms with Crippen LogP contribution in [0.25, 0.3) is 0 Å². The number of methoxy groups -OCH3 is 1. The Morgan fingerprint density at radius 2 is 1.03 bits per heavy atom. The fourth-order valence-electron chi connectivity index (χ4n) is 23.7. The maximum Gasteiger partial charge on any atom is 1.00 e. The molecule has 0 radical (unpaired) electrons. The molecule has 1 aliphatic heterocycles. The van der Waals surface area contributed by atoms with Crippen molar-refractivity contribution in [3.05, 3.63) is 67.6 Å². The number of hydrogen-bond acceptors (Lipinski definition) is 10. The van der Waals surface area contributed by atoms with Gasteiger partial charge in [-0.3, -0.25) is 0 Å². The van der Waals surface area contributed by atoms with E-state index in [1.807, 2.05) is 57.2 Å². The average Bonchev–Trinajstić information content (AvgIpc) is 1.70. The molecule has 1 spiro atoms. The third-order valence-electron chi connectivity index (χ3n) is 29.2. The van der Waals surface area contributed by atoms with Crippen molar-refractivity contribution in [3.8, 4) is 0 Å². The molecule has 1 saturated heterocycles. The van der Waals surface area contributed by atoms with Gasteiger partial charge in [0.25, 0.3) is 0 Å². The second-order valence-electron chi connectivity index (χ2n) is 34.8. The van der Waals surface area contributed by atoms with Gasteiger partial charge in [0.15, 0.2) is 19.7 Å². The molecule has 93 heavy (non-hydrogen) atoms. The number of unbranched alkanes of at least 4 members (excludes halogenated alkanes) is 1. The van der Waals surface area contributed by atoms with Gasteiger partial charge in [0, 0.05) is 20.3 Å². The van der Waals surface area contributed by atoms with Crippen LogP contribution < -0.4 is 18.9 Å². The first kappa shape index (κ1) is 75.9. The van der Waals surface area contributed by atoms with E-state index in [2.05, 4.69) is 55.4 Å². The maximum absolute atomic E-state index is 14.5. The van der Waals surface area contributed by atoms with E-state index >= 15 is 0 Å².